The minimum atomic E-state index is -3.64. The van der Waals surface area contributed by atoms with E-state index in [0.717, 1.165) is 5.56 Å². The highest BCUT2D eigenvalue weighted by molar-refractivity contribution is 7.89. The van der Waals surface area contributed by atoms with E-state index in [1.807, 2.05) is 51.1 Å². The molecule has 27 heavy (non-hydrogen) atoms. The highest BCUT2D eigenvalue weighted by Gasteiger charge is 2.17. The van der Waals surface area contributed by atoms with Crippen LogP contribution < -0.4 is 14.8 Å². The van der Waals surface area contributed by atoms with Crippen LogP contribution in [0.2, 0.25) is 0 Å². The second-order valence-electron chi connectivity index (χ2n) is 7.32. The van der Waals surface area contributed by atoms with Gasteiger partial charge >= 0.3 is 0 Å². The molecule has 2 rings (SSSR count). The van der Waals surface area contributed by atoms with Crippen molar-refractivity contribution in [3.8, 4) is 5.75 Å². The molecule has 0 atom stereocenters. The van der Waals surface area contributed by atoms with Gasteiger partial charge in [-0.25, -0.2) is 13.1 Å². The summed E-state index contributed by atoms with van der Waals surface area (Å²) in [4.78, 5) is 12.0. The van der Waals surface area contributed by atoms with E-state index in [0.29, 0.717) is 11.3 Å². The summed E-state index contributed by atoms with van der Waals surface area (Å²) < 4.78 is 33.0. The van der Waals surface area contributed by atoms with Gasteiger partial charge in [0, 0.05) is 12.1 Å². The van der Waals surface area contributed by atoms with E-state index < -0.39 is 10.0 Å². The minimum Gasteiger partial charge on any atom is -0.484 e. The molecule has 0 fully saturated rings. The van der Waals surface area contributed by atoms with Gasteiger partial charge in [-0.15, -0.1) is 0 Å². The SMILES string of the molecule is Cc1cc(S(=O)(=O)NCc2ccccc2)ccc1OCC(=O)NC(C)(C)C. The number of carbonyl (C=O) groups excluding carboxylic acids is 1. The smallest absolute Gasteiger partial charge is 0.258 e. The van der Waals surface area contributed by atoms with Crippen molar-refractivity contribution in [3.63, 3.8) is 0 Å². The Bertz CT molecular complexity index is 888. The van der Waals surface area contributed by atoms with Crippen molar-refractivity contribution in [1.82, 2.24) is 10.0 Å². The lowest BCUT2D eigenvalue weighted by Crippen LogP contribution is -2.43. The molecule has 2 aromatic rings. The van der Waals surface area contributed by atoms with E-state index in [2.05, 4.69) is 10.0 Å². The number of ether oxygens (including phenoxy) is 1. The van der Waals surface area contributed by atoms with Crippen LogP contribution in [0.3, 0.4) is 0 Å². The lowest BCUT2D eigenvalue weighted by molar-refractivity contribution is -0.124. The molecule has 0 aliphatic heterocycles. The average molecular weight is 391 g/mol. The third-order valence-electron chi connectivity index (χ3n) is 3.64. The fourth-order valence-corrected chi connectivity index (χ4v) is 3.51. The van der Waals surface area contributed by atoms with Crippen LogP contribution >= 0.6 is 0 Å². The number of rotatable bonds is 7. The summed E-state index contributed by atoms with van der Waals surface area (Å²) in [5, 5.41) is 2.81. The second-order valence-corrected chi connectivity index (χ2v) is 9.09. The zero-order chi connectivity index (χ0) is 20.1. The topological polar surface area (TPSA) is 84.5 Å². The lowest BCUT2D eigenvalue weighted by Gasteiger charge is -2.20. The van der Waals surface area contributed by atoms with Gasteiger partial charge in [0.25, 0.3) is 5.91 Å². The van der Waals surface area contributed by atoms with E-state index >= 15 is 0 Å². The van der Waals surface area contributed by atoms with Gasteiger partial charge in [0.15, 0.2) is 6.61 Å². The van der Waals surface area contributed by atoms with Crippen molar-refractivity contribution in [3.05, 3.63) is 59.7 Å². The van der Waals surface area contributed by atoms with Crippen LogP contribution in [0.25, 0.3) is 0 Å². The predicted molar refractivity (Wildman–Crippen MR) is 105 cm³/mol. The fourth-order valence-electron chi connectivity index (χ4n) is 2.41. The Labute approximate surface area is 161 Å². The molecule has 0 radical (unpaired) electrons. The molecule has 6 nitrogen and oxygen atoms in total. The Morgan fingerprint density at radius 2 is 1.74 bits per heavy atom. The van der Waals surface area contributed by atoms with Crippen molar-refractivity contribution in [2.75, 3.05) is 6.61 Å². The monoisotopic (exact) mass is 390 g/mol. The molecule has 0 aliphatic carbocycles. The molecule has 0 saturated heterocycles. The summed E-state index contributed by atoms with van der Waals surface area (Å²) in [6, 6.07) is 13.9. The average Bonchev–Trinajstić information content (AvgIpc) is 2.58. The van der Waals surface area contributed by atoms with Gasteiger partial charge in [-0.3, -0.25) is 4.79 Å². The van der Waals surface area contributed by atoms with E-state index in [-0.39, 0.29) is 29.5 Å². The maximum Gasteiger partial charge on any atom is 0.258 e. The highest BCUT2D eigenvalue weighted by atomic mass is 32.2. The van der Waals surface area contributed by atoms with Crippen LogP contribution in [0.1, 0.15) is 31.9 Å². The summed E-state index contributed by atoms with van der Waals surface area (Å²) in [6.07, 6.45) is 0. The first kappa shape index (κ1) is 20.9. The van der Waals surface area contributed by atoms with E-state index in [1.54, 1.807) is 13.0 Å². The number of benzene rings is 2. The van der Waals surface area contributed by atoms with Crippen molar-refractivity contribution in [2.24, 2.45) is 0 Å². The largest absolute Gasteiger partial charge is 0.484 e. The third kappa shape index (κ3) is 6.69. The first-order chi connectivity index (χ1) is 12.6. The van der Waals surface area contributed by atoms with E-state index in [1.165, 1.54) is 12.1 Å². The first-order valence-electron chi connectivity index (χ1n) is 8.65. The second kappa shape index (κ2) is 8.54. The van der Waals surface area contributed by atoms with Crippen LogP contribution in [0, 0.1) is 6.92 Å². The van der Waals surface area contributed by atoms with Crippen molar-refractivity contribution < 1.29 is 17.9 Å². The predicted octanol–water partition coefficient (Wildman–Crippen LogP) is 2.77. The molecule has 146 valence electrons. The molecule has 0 saturated carbocycles. The number of amides is 1. The normalized spacial score (nSPS) is 11.9. The Kier molecular flexibility index (Phi) is 6.62. The summed E-state index contributed by atoms with van der Waals surface area (Å²) in [5.74, 6) is 0.240. The maximum atomic E-state index is 12.5. The van der Waals surface area contributed by atoms with Gasteiger partial charge in [-0.1, -0.05) is 30.3 Å². The fraction of sp³-hybridized carbons (Fsp3) is 0.350. The molecule has 0 spiro atoms. The van der Waals surface area contributed by atoms with Crippen LogP contribution in [-0.4, -0.2) is 26.5 Å². The number of hydrogen-bond acceptors (Lipinski definition) is 4. The summed E-state index contributed by atoms with van der Waals surface area (Å²) in [7, 11) is -3.64. The molecule has 7 heteroatoms. The molecule has 0 aliphatic rings. The van der Waals surface area contributed by atoms with Crippen LogP contribution in [0.4, 0.5) is 0 Å². The molecule has 1 amide bonds. The Balaban J connectivity index is 2.01. The minimum absolute atomic E-state index is 0.129. The number of hydrogen-bond donors (Lipinski definition) is 2. The number of carbonyl (C=O) groups is 1. The number of sulfonamides is 1. The third-order valence-corrected chi connectivity index (χ3v) is 5.04. The van der Waals surface area contributed by atoms with Gasteiger partial charge in [0.1, 0.15) is 5.75 Å². The molecule has 2 N–H and O–H groups in total. The molecule has 0 bridgehead atoms. The summed E-state index contributed by atoms with van der Waals surface area (Å²) in [6.45, 7) is 7.49. The lowest BCUT2D eigenvalue weighted by atomic mass is 10.1. The first-order valence-corrected chi connectivity index (χ1v) is 10.1. The highest BCUT2D eigenvalue weighted by Crippen LogP contribution is 2.22. The molecule has 2 aromatic carbocycles. The van der Waals surface area contributed by atoms with Gasteiger partial charge in [-0.2, -0.15) is 0 Å². The maximum absolute atomic E-state index is 12.5. The van der Waals surface area contributed by atoms with Crippen LogP contribution in [0.5, 0.6) is 5.75 Å². The molecule has 0 aromatic heterocycles. The van der Waals surface area contributed by atoms with E-state index in [9.17, 15) is 13.2 Å². The quantitative estimate of drug-likeness (QED) is 0.761. The number of aryl methyl sites for hydroxylation is 1. The Hall–Kier alpha value is -2.38. The summed E-state index contributed by atoms with van der Waals surface area (Å²) in [5.41, 5.74) is 1.18. The Morgan fingerprint density at radius 1 is 1.07 bits per heavy atom. The van der Waals surface area contributed by atoms with Gasteiger partial charge in [0.2, 0.25) is 10.0 Å². The van der Waals surface area contributed by atoms with Gasteiger partial charge in [-0.05, 0) is 57.0 Å². The van der Waals surface area contributed by atoms with E-state index in [4.69, 9.17) is 4.74 Å². The van der Waals surface area contributed by atoms with Crippen molar-refractivity contribution >= 4 is 15.9 Å². The van der Waals surface area contributed by atoms with Crippen molar-refractivity contribution in [1.29, 1.82) is 0 Å². The van der Waals surface area contributed by atoms with Gasteiger partial charge in [0.05, 0.1) is 4.90 Å². The molecule has 0 unspecified atom stereocenters. The number of nitrogens with one attached hydrogen (secondary N) is 2. The van der Waals surface area contributed by atoms with Crippen molar-refractivity contribution in [2.45, 2.75) is 44.7 Å². The molecular formula is C20H26N2O4S. The van der Waals surface area contributed by atoms with Crippen LogP contribution in [-0.2, 0) is 21.4 Å². The zero-order valence-electron chi connectivity index (χ0n) is 16.1. The van der Waals surface area contributed by atoms with Crippen LogP contribution in [0.15, 0.2) is 53.4 Å². The zero-order valence-corrected chi connectivity index (χ0v) is 16.9. The van der Waals surface area contributed by atoms with Gasteiger partial charge < -0.3 is 10.1 Å². The molecular weight excluding hydrogens is 364 g/mol. The standard InChI is InChI=1S/C20H26N2O4S/c1-15-12-17(27(24,25)21-13-16-8-6-5-7-9-16)10-11-18(15)26-14-19(23)22-20(2,3)4/h5-12,21H,13-14H2,1-4H3,(H,22,23). The Morgan fingerprint density at radius 3 is 2.33 bits per heavy atom. The molecule has 0 heterocycles. The summed E-state index contributed by atoms with van der Waals surface area (Å²) >= 11 is 0.